The summed E-state index contributed by atoms with van der Waals surface area (Å²) < 4.78 is 50.4. The van der Waals surface area contributed by atoms with Crippen LogP contribution in [0.1, 0.15) is 41.0 Å². The van der Waals surface area contributed by atoms with E-state index in [2.05, 4.69) is 24.3 Å². The molecule has 2 saturated heterocycles. The summed E-state index contributed by atoms with van der Waals surface area (Å²) in [5, 5.41) is 11.4. The van der Waals surface area contributed by atoms with Crippen LogP contribution in [-0.4, -0.2) is 53.6 Å². The van der Waals surface area contributed by atoms with Crippen LogP contribution in [0.2, 0.25) is 0 Å². The number of nitrogens with zero attached hydrogens (tertiary/aromatic N) is 1. The fraction of sp³-hybridized carbons (Fsp3) is 0.367. The number of benzene rings is 3. The van der Waals surface area contributed by atoms with Crippen LogP contribution in [0.15, 0.2) is 72.8 Å². The van der Waals surface area contributed by atoms with Crippen molar-refractivity contribution in [2.24, 2.45) is 0 Å². The first-order chi connectivity index (χ1) is 18.2. The second-order valence-corrected chi connectivity index (χ2v) is 10.6. The number of halogens is 3. The van der Waals surface area contributed by atoms with Gasteiger partial charge in [0.15, 0.2) is 0 Å². The highest BCUT2D eigenvalue weighted by molar-refractivity contribution is 5.79. The monoisotopic (exact) mass is 523 g/mol. The standard InChI is InChI=1S/C30H28F3NO4/c31-30(32,33)20-11-9-19(10-12-20)13-29(36)14-21-16-37-17-22(15-29)34(21)28(35)38-18-27-25-7-3-1-5-23(25)24-6-2-4-8-26(24)27/h1-12,21-22,27,36H,13-18H2. The maximum absolute atomic E-state index is 13.4. The molecule has 2 unspecified atom stereocenters. The number of hydrogen-bond donors (Lipinski definition) is 1. The molecule has 5 nitrogen and oxygen atoms in total. The number of carbonyl (C=O) groups excluding carboxylic acids is 1. The number of piperidine rings is 1. The van der Waals surface area contributed by atoms with Gasteiger partial charge in [0.2, 0.25) is 0 Å². The Bertz CT molecular complexity index is 1280. The van der Waals surface area contributed by atoms with Crippen molar-refractivity contribution in [1.29, 1.82) is 0 Å². The van der Waals surface area contributed by atoms with E-state index in [9.17, 15) is 23.1 Å². The molecular formula is C30H28F3NO4. The maximum atomic E-state index is 13.4. The van der Waals surface area contributed by atoms with Gasteiger partial charge in [-0.3, -0.25) is 4.90 Å². The first-order valence-corrected chi connectivity index (χ1v) is 12.8. The molecule has 0 saturated carbocycles. The zero-order valence-corrected chi connectivity index (χ0v) is 20.7. The molecule has 1 N–H and O–H groups in total. The number of ether oxygens (including phenoxy) is 2. The van der Waals surface area contributed by atoms with Crippen molar-refractivity contribution in [2.75, 3.05) is 19.8 Å². The topological polar surface area (TPSA) is 59.0 Å². The summed E-state index contributed by atoms with van der Waals surface area (Å²) in [6, 6.07) is 20.4. The van der Waals surface area contributed by atoms with Gasteiger partial charge >= 0.3 is 12.3 Å². The van der Waals surface area contributed by atoms with Gasteiger partial charge in [0.05, 0.1) is 36.5 Å². The lowest BCUT2D eigenvalue weighted by molar-refractivity contribution is -0.137. The molecule has 3 aromatic rings. The van der Waals surface area contributed by atoms with E-state index in [1.165, 1.54) is 12.1 Å². The average Bonchev–Trinajstić information content (AvgIpc) is 3.20. The molecule has 38 heavy (non-hydrogen) atoms. The van der Waals surface area contributed by atoms with Crippen LogP contribution in [0.4, 0.5) is 18.0 Å². The lowest BCUT2D eigenvalue weighted by atomic mass is 9.77. The molecule has 0 aromatic heterocycles. The van der Waals surface area contributed by atoms with Crippen LogP contribution < -0.4 is 0 Å². The quantitative estimate of drug-likeness (QED) is 0.470. The number of morpholine rings is 1. The van der Waals surface area contributed by atoms with Crippen molar-refractivity contribution in [3.05, 3.63) is 95.1 Å². The zero-order chi connectivity index (χ0) is 26.5. The smallest absolute Gasteiger partial charge is 0.416 e. The van der Waals surface area contributed by atoms with Gasteiger partial charge in [-0.1, -0.05) is 60.7 Å². The Morgan fingerprint density at radius 1 is 0.921 bits per heavy atom. The lowest BCUT2D eigenvalue weighted by Crippen LogP contribution is -2.64. The average molecular weight is 524 g/mol. The van der Waals surface area contributed by atoms with E-state index in [4.69, 9.17) is 9.47 Å². The molecule has 2 heterocycles. The highest BCUT2D eigenvalue weighted by Crippen LogP contribution is 2.45. The molecule has 2 fully saturated rings. The molecule has 2 bridgehead atoms. The molecule has 198 valence electrons. The van der Waals surface area contributed by atoms with Crippen LogP contribution in [0, 0.1) is 0 Å². The fourth-order valence-corrected chi connectivity index (χ4v) is 6.38. The van der Waals surface area contributed by atoms with E-state index < -0.39 is 23.4 Å². The van der Waals surface area contributed by atoms with Crippen molar-refractivity contribution in [2.45, 2.75) is 49.0 Å². The first-order valence-electron chi connectivity index (χ1n) is 12.8. The van der Waals surface area contributed by atoms with Gasteiger partial charge < -0.3 is 14.6 Å². The minimum absolute atomic E-state index is 0.0520. The Kier molecular flexibility index (Phi) is 6.19. The summed E-state index contributed by atoms with van der Waals surface area (Å²) in [4.78, 5) is 15.0. The van der Waals surface area contributed by atoms with Crippen molar-refractivity contribution >= 4 is 6.09 Å². The predicted molar refractivity (Wildman–Crippen MR) is 135 cm³/mol. The van der Waals surface area contributed by atoms with Crippen molar-refractivity contribution < 1.29 is 32.5 Å². The van der Waals surface area contributed by atoms with E-state index in [1.54, 1.807) is 4.90 Å². The van der Waals surface area contributed by atoms with Crippen LogP contribution >= 0.6 is 0 Å². The van der Waals surface area contributed by atoms with Crippen molar-refractivity contribution in [3.8, 4) is 11.1 Å². The van der Waals surface area contributed by atoms with Crippen molar-refractivity contribution in [3.63, 3.8) is 0 Å². The number of fused-ring (bicyclic) bond motifs is 5. The number of rotatable bonds is 4. The Labute approximate surface area is 218 Å². The van der Waals surface area contributed by atoms with Gasteiger partial charge in [-0.15, -0.1) is 0 Å². The van der Waals surface area contributed by atoms with Gasteiger partial charge in [0.25, 0.3) is 0 Å². The highest BCUT2D eigenvalue weighted by Gasteiger charge is 2.49. The zero-order valence-electron chi connectivity index (χ0n) is 20.7. The van der Waals surface area contributed by atoms with Crippen LogP contribution in [0.25, 0.3) is 11.1 Å². The number of alkyl halides is 3. The molecule has 1 aliphatic carbocycles. The molecule has 3 aromatic carbocycles. The van der Waals surface area contributed by atoms with Crippen LogP contribution in [0.3, 0.4) is 0 Å². The Balaban J connectivity index is 1.14. The van der Waals surface area contributed by atoms with Crippen LogP contribution in [0.5, 0.6) is 0 Å². The molecule has 0 spiro atoms. The second-order valence-electron chi connectivity index (χ2n) is 10.6. The molecule has 1 amide bonds. The predicted octanol–water partition coefficient (Wildman–Crippen LogP) is 5.79. The maximum Gasteiger partial charge on any atom is 0.416 e. The number of carbonyl (C=O) groups is 1. The Hall–Kier alpha value is -3.36. The van der Waals surface area contributed by atoms with Gasteiger partial charge in [-0.25, -0.2) is 4.79 Å². The number of amides is 1. The summed E-state index contributed by atoms with van der Waals surface area (Å²) in [7, 11) is 0. The first kappa shape index (κ1) is 24.9. The minimum atomic E-state index is -4.40. The number of aliphatic hydroxyl groups is 1. The molecular weight excluding hydrogens is 495 g/mol. The van der Waals surface area contributed by atoms with E-state index in [1.807, 2.05) is 24.3 Å². The fourth-order valence-electron chi connectivity index (χ4n) is 6.38. The molecule has 0 radical (unpaired) electrons. The summed E-state index contributed by atoms with van der Waals surface area (Å²) in [5.74, 6) is -0.0520. The largest absolute Gasteiger partial charge is 0.448 e. The van der Waals surface area contributed by atoms with Gasteiger partial charge in [0.1, 0.15) is 6.61 Å². The Morgan fingerprint density at radius 3 is 2.03 bits per heavy atom. The minimum Gasteiger partial charge on any atom is -0.448 e. The van der Waals surface area contributed by atoms with E-state index in [0.29, 0.717) is 5.56 Å². The molecule has 2 aliphatic heterocycles. The molecule has 2 atom stereocenters. The molecule has 6 rings (SSSR count). The van der Waals surface area contributed by atoms with Gasteiger partial charge in [0, 0.05) is 12.3 Å². The summed E-state index contributed by atoms with van der Waals surface area (Å²) >= 11 is 0. The third kappa shape index (κ3) is 4.56. The van der Waals surface area contributed by atoms with E-state index >= 15 is 0 Å². The highest BCUT2D eigenvalue weighted by atomic mass is 19.4. The van der Waals surface area contributed by atoms with E-state index in [0.717, 1.165) is 34.4 Å². The summed E-state index contributed by atoms with van der Waals surface area (Å²) in [6.07, 6.45) is -4.11. The molecule has 8 heteroatoms. The van der Waals surface area contributed by atoms with Crippen LogP contribution in [-0.2, 0) is 22.1 Å². The number of hydrogen-bond acceptors (Lipinski definition) is 4. The Morgan fingerprint density at radius 2 is 1.47 bits per heavy atom. The third-order valence-electron chi connectivity index (χ3n) is 8.00. The van der Waals surface area contributed by atoms with E-state index in [-0.39, 0.29) is 57.1 Å². The van der Waals surface area contributed by atoms with Gasteiger partial charge in [-0.2, -0.15) is 13.2 Å². The SMILES string of the molecule is O=C(OCC1c2ccccc2-c2ccccc21)N1C2COCC1CC(O)(Cc1ccc(C(F)(F)F)cc1)C2. The second kappa shape index (κ2) is 9.43. The lowest BCUT2D eigenvalue weighted by Gasteiger charge is -2.51. The molecule has 3 aliphatic rings. The third-order valence-corrected chi connectivity index (χ3v) is 8.00. The summed E-state index contributed by atoms with van der Waals surface area (Å²) in [5.41, 5.74) is 3.32. The van der Waals surface area contributed by atoms with Crippen molar-refractivity contribution in [1.82, 2.24) is 4.90 Å². The van der Waals surface area contributed by atoms with Gasteiger partial charge in [-0.05, 0) is 52.8 Å². The normalized spacial score (nSPS) is 24.6. The summed E-state index contributed by atoms with van der Waals surface area (Å²) in [6.45, 7) is 0.755.